The van der Waals surface area contributed by atoms with Crippen molar-refractivity contribution >= 4 is 22.3 Å². The zero-order chi connectivity index (χ0) is 16.7. The van der Waals surface area contributed by atoms with Gasteiger partial charge in [-0.2, -0.15) is 5.10 Å². The Labute approximate surface area is 142 Å². The largest absolute Gasteiger partial charge is 0.497 e. The molecular weight excluding hydrogens is 324 g/mol. The number of carbonyl (C=O) groups excluding carboxylic acids is 1. The molecule has 0 aliphatic heterocycles. The summed E-state index contributed by atoms with van der Waals surface area (Å²) in [4.78, 5) is 17.8. The fourth-order valence-corrected chi connectivity index (χ4v) is 3.74. The highest BCUT2D eigenvalue weighted by atomic mass is 32.1. The van der Waals surface area contributed by atoms with Crippen LogP contribution in [0.25, 0.3) is 11.3 Å². The van der Waals surface area contributed by atoms with Crippen LogP contribution in [0.4, 0.5) is 5.13 Å². The highest BCUT2D eigenvalue weighted by Gasteiger charge is 2.26. The molecule has 7 heteroatoms. The van der Waals surface area contributed by atoms with Crippen molar-refractivity contribution < 1.29 is 9.53 Å². The molecule has 0 fully saturated rings. The fourth-order valence-electron chi connectivity index (χ4n) is 2.89. The van der Waals surface area contributed by atoms with Gasteiger partial charge in [-0.3, -0.25) is 9.48 Å². The lowest BCUT2D eigenvalue weighted by Gasteiger charge is -2.04. The average Bonchev–Trinajstić information content (AvgIpc) is 3.14. The van der Waals surface area contributed by atoms with Crippen molar-refractivity contribution in [2.45, 2.75) is 19.4 Å². The van der Waals surface area contributed by atoms with Crippen molar-refractivity contribution in [3.63, 3.8) is 0 Å². The third-order valence-electron chi connectivity index (χ3n) is 4.08. The summed E-state index contributed by atoms with van der Waals surface area (Å²) in [5, 5.41) is 5.03. The molecule has 1 aromatic carbocycles. The number of hydrogen-bond acceptors (Lipinski definition) is 6. The predicted molar refractivity (Wildman–Crippen MR) is 92.5 cm³/mol. The maximum absolute atomic E-state index is 12.4. The predicted octanol–water partition coefficient (Wildman–Crippen LogP) is 2.77. The van der Waals surface area contributed by atoms with E-state index in [1.807, 2.05) is 30.5 Å². The van der Waals surface area contributed by atoms with Gasteiger partial charge in [0.2, 0.25) is 0 Å². The van der Waals surface area contributed by atoms with Crippen LogP contribution in [0.5, 0.6) is 5.75 Å². The van der Waals surface area contributed by atoms with Crippen molar-refractivity contribution in [2.75, 3.05) is 12.8 Å². The highest BCUT2D eigenvalue weighted by Crippen LogP contribution is 2.35. The van der Waals surface area contributed by atoms with Crippen LogP contribution < -0.4 is 10.5 Å². The monoisotopic (exact) mass is 340 g/mol. The van der Waals surface area contributed by atoms with Crippen LogP contribution in [0.1, 0.15) is 27.3 Å². The molecular formula is C17H16N4O2S. The van der Waals surface area contributed by atoms with Crippen molar-refractivity contribution in [2.24, 2.45) is 0 Å². The molecule has 2 aromatic heterocycles. The van der Waals surface area contributed by atoms with Gasteiger partial charge in [0.1, 0.15) is 11.4 Å². The molecule has 2 N–H and O–H groups in total. The number of Topliss-reactive ketones (excluding diaryl/α,β-unsaturated/α-hetero) is 1. The van der Waals surface area contributed by atoms with Gasteiger partial charge in [-0.05, 0) is 24.1 Å². The van der Waals surface area contributed by atoms with Crippen molar-refractivity contribution in [3.8, 4) is 17.0 Å². The summed E-state index contributed by atoms with van der Waals surface area (Å²) in [6.45, 7) is 0.583. The molecule has 0 saturated carbocycles. The molecule has 6 nitrogen and oxygen atoms in total. The Morgan fingerprint density at radius 2 is 2.04 bits per heavy atom. The zero-order valence-electron chi connectivity index (χ0n) is 13.2. The molecule has 0 unspecified atom stereocenters. The van der Waals surface area contributed by atoms with Crippen molar-refractivity contribution in [1.82, 2.24) is 14.8 Å². The first-order valence-electron chi connectivity index (χ1n) is 7.63. The van der Waals surface area contributed by atoms with Gasteiger partial charge in [0.25, 0.3) is 0 Å². The number of aromatic nitrogens is 3. The number of nitrogen functional groups attached to an aromatic ring is 1. The molecule has 1 aliphatic rings. The Balaban J connectivity index is 1.70. The van der Waals surface area contributed by atoms with Crippen LogP contribution in [0, 0.1) is 0 Å². The van der Waals surface area contributed by atoms with Gasteiger partial charge in [-0.15, -0.1) is 11.3 Å². The molecule has 3 aromatic rings. The van der Waals surface area contributed by atoms with Crippen LogP contribution in [0.15, 0.2) is 30.5 Å². The van der Waals surface area contributed by atoms with E-state index in [1.54, 1.807) is 11.8 Å². The molecule has 0 saturated heterocycles. The quantitative estimate of drug-likeness (QED) is 0.793. The summed E-state index contributed by atoms with van der Waals surface area (Å²) in [7, 11) is 1.64. The van der Waals surface area contributed by atoms with E-state index in [-0.39, 0.29) is 5.78 Å². The summed E-state index contributed by atoms with van der Waals surface area (Å²) >= 11 is 1.45. The lowest BCUT2D eigenvalue weighted by Crippen LogP contribution is -2.05. The third kappa shape index (κ3) is 2.56. The summed E-state index contributed by atoms with van der Waals surface area (Å²) in [6.07, 6.45) is 3.01. The number of ketones is 1. The van der Waals surface area contributed by atoms with Gasteiger partial charge < -0.3 is 10.5 Å². The Morgan fingerprint density at radius 1 is 1.25 bits per heavy atom. The van der Waals surface area contributed by atoms with E-state index in [9.17, 15) is 4.79 Å². The number of methoxy groups -OCH3 is 1. The standard InChI is InChI=1S/C17H16N4O2S/c1-23-11-4-2-10(3-5-11)8-21-9-12-15(20-21)13(22)6-7-14-16(12)19-17(18)24-14/h2-5,9H,6-8H2,1H3,(H2,18,19). The number of nitrogens with two attached hydrogens (primary N) is 1. The minimum Gasteiger partial charge on any atom is -0.497 e. The summed E-state index contributed by atoms with van der Waals surface area (Å²) in [5.41, 5.74) is 9.01. The van der Waals surface area contributed by atoms with Gasteiger partial charge in [-0.25, -0.2) is 4.98 Å². The molecule has 0 amide bonds. The molecule has 0 bridgehead atoms. The van der Waals surface area contributed by atoms with Crippen molar-refractivity contribution in [1.29, 1.82) is 0 Å². The van der Waals surface area contributed by atoms with Gasteiger partial charge in [0.05, 0.1) is 24.9 Å². The minimum absolute atomic E-state index is 0.0576. The second-order valence-corrected chi connectivity index (χ2v) is 6.80. The fraction of sp³-hybridized carbons (Fsp3) is 0.235. The zero-order valence-corrected chi connectivity index (χ0v) is 14.0. The van der Waals surface area contributed by atoms with E-state index in [0.29, 0.717) is 30.2 Å². The Hall–Kier alpha value is -2.67. The molecule has 0 radical (unpaired) electrons. The first kappa shape index (κ1) is 14.9. The number of nitrogens with zero attached hydrogens (tertiary/aromatic N) is 3. The van der Waals surface area contributed by atoms with Crippen LogP contribution in [-0.4, -0.2) is 27.7 Å². The second-order valence-electron chi connectivity index (χ2n) is 5.68. The normalized spacial score (nSPS) is 13.3. The molecule has 122 valence electrons. The molecule has 4 rings (SSSR count). The van der Waals surface area contributed by atoms with Gasteiger partial charge >= 0.3 is 0 Å². The number of rotatable bonds is 3. The van der Waals surface area contributed by atoms with E-state index < -0.39 is 0 Å². The Bertz CT molecular complexity index is 911. The number of benzene rings is 1. The lowest BCUT2D eigenvalue weighted by atomic mass is 10.1. The lowest BCUT2D eigenvalue weighted by molar-refractivity contribution is 0.0979. The van der Waals surface area contributed by atoms with Crippen LogP contribution in [0.3, 0.4) is 0 Å². The first-order chi connectivity index (χ1) is 11.6. The van der Waals surface area contributed by atoms with Gasteiger partial charge in [0, 0.05) is 17.5 Å². The smallest absolute Gasteiger partial charge is 0.184 e. The summed E-state index contributed by atoms with van der Waals surface area (Å²) < 4.78 is 6.96. The maximum atomic E-state index is 12.4. The average molecular weight is 340 g/mol. The van der Waals surface area contributed by atoms with E-state index in [1.165, 1.54) is 11.3 Å². The number of ether oxygens (including phenoxy) is 1. The SMILES string of the molecule is COc1ccc(Cn2cc3c(n2)C(=O)CCc2sc(N)nc2-3)cc1. The Kier molecular flexibility index (Phi) is 3.57. The molecule has 0 spiro atoms. The minimum atomic E-state index is 0.0576. The summed E-state index contributed by atoms with van der Waals surface area (Å²) in [5.74, 6) is 0.870. The number of fused-ring (bicyclic) bond motifs is 3. The topological polar surface area (TPSA) is 83.0 Å². The Morgan fingerprint density at radius 3 is 2.79 bits per heavy atom. The van der Waals surface area contributed by atoms with E-state index in [0.717, 1.165) is 27.4 Å². The number of anilines is 1. The van der Waals surface area contributed by atoms with Crippen LogP contribution in [0.2, 0.25) is 0 Å². The van der Waals surface area contributed by atoms with E-state index >= 15 is 0 Å². The molecule has 1 aliphatic carbocycles. The number of carbonyl (C=O) groups is 1. The third-order valence-corrected chi connectivity index (χ3v) is 5.02. The van der Waals surface area contributed by atoms with E-state index in [2.05, 4.69) is 10.1 Å². The van der Waals surface area contributed by atoms with Gasteiger partial charge in [-0.1, -0.05) is 12.1 Å². The van der Waals surface area contributed by atoms with Crippen molar-refractivity contribution in [3.05, 3.63) is 46.6 Å². The highest BCUT2D eigenvalue weighted by molar-refractivity contribution is 7.15. The molecule has 24 heavy (non-hydrogen) atoms. The molecule has 0 atom stereocenters. The summed E-state index contributed by atoms with van der Waals surface area (Å²) in [6, 6.07) is 7.79. The number of aryl methyl sites for hydroxylation is 1. The number of thiazole rings is 1. The van der Waals surface area contributed by atoms with E-state index in [4.69, 9.17) is 10.5 Å². The second kappa shape index (κ2) is 5.76. The van der Waals surface area contributed by atoms with Crippen LogP contribution in [-0.2, 0) is 13.0 Å². The maximum Gasteiger partial charge on any atom is 0.184 e. The molecule has 2 heterocycles. The van der Waals surface area contributed by atoms with Gasteiger partial charge in [0.15, 0.2) is 10.9 Å². The van der Waals surface area contributed by atoms with Crippen LogP contribution >= 0.6 is 11.3 Å². The first-order valence-corrected chi connectivity index (χ1v) is 8.45. The number of hydrogen-bond donors (Lipinski definition) is 1.